The highest BCUT2D eigenvalue weighted by molar-refractivity contribution is 7.99. The molecule has 4 atom stereocenters. The molecule has 5 aromatic carbocycles. The van der Waals surface area contributed by atoms with Crippen LogP contribution in [0.2, 0.25) is 0 Å². The van der Waals surface area contributed by atoms with Crippen molar-refractivity contribution >= 4 is 23.6 Å². The number of carbonyl (C=O) groups is 2. The zero-order valence-electron chi connectivity index (χ0n) is 33.5. The predicted octanol–water partition coefficient (Wildman–Crippen LogP) is 10.1. The first kappa shape index (κ1) is 41.6. The molecule has 9 nitrogen and oxygen atoms in total. The van der Waals surface area contributed by atoms with E-state index in [9.17, 15) is 14.7 Å². The lowest BCUT2D eigenvalue weighted by molar-refractivity contribution is -0.268. The molecule has 304 valence electrons. The van der Waals surface area contributed by atoms with E-state index in [1.807, 2.05) is 109 Å². The fraction of sp³-hybridized carbons (Fsp3) is 0.286. The third-order valence-corrected chi connectivity index (χ3v) is 11.5. The molecule has 0 bridgehead atoms. The van der Waals surface area contributed by atoms with Gasteiger partial charge in [-0.3, -0.25) is 9.59 Å². The zero-order chi connectivity index (χ0) is 41.0. The Morgan fingerprint density at radius 1 is 0.712 bits per heavy atom. The third kappa shape index (κ3) is 11.2. The van der Waals surface area contributed by atoms with Gasteiger partial charge in [0, 0.05) is 54.8 Å². The lowest BCUT2D eigenvalue weighted by Gasteiger charge is -2.41. The van der Waals surface area contributed by atoms with E-state index >= 15 is 0 Å². The number of hydrogen-bond donors (Lipinski definition) is 3. The Morgan fingerprint density at radius 2 is 1.41 bits per heavy atom. The molecule has 1 aliphatic rings. The molecule has 0 saturated carbocycles. The number of aliphatic hydroxyl groups excluding tert-OH is 1. The fourth-order valence-electron chi connectivity index (χ4n) is 7.27. The van der Waals surface area contributed by atoms with Crippen LogP contribution in [-0.2, 0) is 32.2 Å². The van der Waals surface area contributed by atoms with Crippen LogP contribution in [0.4, 0.5) is 0 Å². The number of hydrogen-bond acceptors (Lipinski definition) is 8. The Kier molecular flexibility index (Phi) is 14.4. The van der Waals surface area contributed by atoms with Gasteiger partial charge >= 0.3 is 0 Å². The summed E-state index contributed by atoms with van der Waals surface area (Å²) in [7, 11) is 0. The normalized spacial score (nSPS) is 17.7. The van der Waals surface area contributed by atoms with Crippen molar-refractivity contribution in [1.29, 1.82) is 0 Å². The van der Waals surface area contributed by atoms with E-state index < -0.39 is 6.29 Å². The van der Waals surface area contributed by atoms with Crippen LogP contribution in [0.25, 0.3) is 33.7 Å². The number of ether oxygens (including phenoxy) is 2. The second kappa shape index (κ2) is 20.4. The molecule has 10 heteroatoms. The smallest absolute Gasteiger partial charge is 0.256 e. The van der Waals surface area contributed by atoms with Gasteiger partial charge in [0.2, 0.25) is 11.8 Å². The highest BCUT2D eigenvalue weighted by Crippen LogP contribution is 2.44. The maximum atomic E-state index is 12.6. The highest BCUT2D eigenvalue weighted by atomic mass is 32.2. The Hall–Kier alpha value is -5.52. The largest absolute Gasteiger partial charge is 0.431 e. The van der Waals surface area contributed by atoms with Gasteiger partial charge in [-0.25, -0.2) is 4.98 Å². The molecule has 59 heavy (non-hydrogen) atoms. The molecule has 2 amide bonds. The van der Waals surface area contributed by atoms with E-state index in [-0.39, 0.29) is 36.5 Å². The number of aliphatic hydroxyl groups is 1. The number of unbranched alkanes of at least 4 members (excludes halogenated alkanes) is 2. The average molecular weight is 810 g/mol. The Labute approximate surface area is 350 Å². The van der Waals surface area contributed by atoms with Crippen molar-refractivity contribution in [2.45, 2.75) is 76.4 Å². The SMILES string of the molecule is CC(=O)NCCCCCC(=O)NCc1cccc(-c2cccc([C@@H]3O[C@H](CSc4nc(-c5ccccc5)c(-c5ccccc5)o4)[C@H](C)[C@H](c4ccc(CO)cc4)O3)c2)c1. The molecule has 3 N–H and O–H groups in total. The molecule has 1 aliphatic heterocycles. The first-order chi connectivity index (χ1) is 28.8. The number of benzene rings is 5. The minimum atomic E-state index is -0.649. The predicted molar refractivity (Wildman–Crippen MR) is 232 cm³/mol. The van der Waals surface area contributed by atoms with Gasteiger partial charge in [0.05, 0.1) is 18.8 Å². The number of aromatic nitrogens is 1. The summed E-state index contributed by atoms with van der Waals surface area (Å²) >= 11 is 1.54. The summed E-state index contributed by atoms with van der Waals surface area (Å²) in [5, 5.41) is 16.1. The van der Waals surface area contributed by atoms with Crippen molar-refractivity contribution in [2.24, 2.45) is 5.92 Å². The summed E-state index contributed by atoms with van der Waals surface area (Å²) < 4.78 is 20.1. The molecule has 7 rings (SSSR count). The van der Waals surface area contributed by atoms with Crippen LogP contribution in [0.5, 0.6) is 0 Å². The lowest BCUT2D eigenvalue weighted by Crippen LogP contribution is -2.38. The Bertz CT molecular complexity index is 2220. The van der Waals surface area contributed by atoms with Gasteiger partial charge in [0.1, 0.15) is 5.69 Å². The quantitative estimate of drug-likeness (QED) is 0.0615. The molecule has 1 saturated heterocycles. The topological polar surface area (TPSA) is 123 Å². The Balaban J connectivity index is 1.07. The minimum absolute atomic E-state index is 0.0159. The number of nitrogens with zero attached hydrogens (tertiary/aromatic N) is 1. The maximum Gasteiger partial charge on any atom is 0.256 e. The lowest BCUT2D eigenvalue weighted by atomic mass is 9.91. The molecule has 1 aromatic heterocycles. The minimum Gasteiger partial charge on any atom is -0.431 e. The number of rotatable bonds is 17. The molecule has 0 aliphatic carbocycles. The molecule has 6 aromatic rings. The molecular weight excluding hydrogens is 759 g/mol. The van der Waals surface area contributed by atoms with Crippen LogP contribution in [-0.4, -0.2) is 40.3 Å². The molecular formula is C49H51N3O6S. The van der Waals surface area contributed by atoms with E-state index in [1.54, 1.807) is 0 Å². The molecule has 1 fully saturated rings. The standard InChI is InChI=1S/C49H51N3O6S/c1-33-43(32-59-49-52-45(37-15-6-3-7-16-37)47(58-49)38-17-8-4-9-18-38)56-48(57-46(33)39-25-23-35(31-53)24-26-39)42-21-13-20-41(29-42)40-19-12-14-36(28-40)30-51-44(55)22-10-5-11-27-50-34(2)54/h3-4,6-9,12-21,23-26,28-29,33,43,46,48,53H,5,10-11,22,27,30-32H2,1-2H3,(H,50,54)(H,51,55)/t33-,43+,46+,48+/m0/s1. The van der Waals surface area contributed by atoms with Gasteiger partial charge in [-0.1, -0.05) is 146 Å². The highest BCUT2D eigenvalue weighted by Gasteiger charge is 2.39. The van der Waals surface area contributed by atoms with Crippen LogP contribution in [0, 0.1) is 5.92 Å². The van der Waals surface area contributed by atoms with E-state index in [2.05, 4.69) is 41.8 Å². The maximum absolute atomic E-state index is 12.6. The van der Waals surface area contributed by atoms with Crippen molar-refractivity contribution in [3.05, 3.63) is 156 Å². The summed E-state index contributed by atoms with van der Waals surface area (Å²) in [6.45, 7) is 4.71. The van der Waals surface area contributed by atoms with Crippen LogP contribution < -0.4 is 10.6 Å². The molecule has 0 spiro atoms. The van der Waals surface area contributed by atoms with Crippen LogP contribution in [0.3, 0.4) is 0 Å². The summed E-state index contributed by atoms with van der Waals surface area (Å²) in [6, 6.07) is 44.5. The fourth-order valence-corrected chi connectivity index (χ4v) is 8.26. The van der Waals surface area contributed by atoms with Crippen molar-refractivity contribution in [1.82, 2.24) is 15.6 Å². The summed E-state index contributed by atoms with van der Waals surface area (Å²) in [4.78, 5) is 28.6. The van der Waals surface area contributed by atoms with Gasteiger partial charge in [0.15, 0.2) is 12.1 Å². The monoisotopic (exact) mass is 809 g/mol. The number of amides is 2. The van der Waals surface area contributed by atoms with Crippen molar-refractivity contribution in [3.8, 4) is 33.7 Å². The summed E-state index contributed by atoms with van der Waals surface area (Å²) in [6.07, 6.45) is 1.83. The number of oxazole rings is 1. The number of thioether (sulfide) groups is 1. The van der Waals surface area contributed by atoms with Crippen molar-refractivity contribution in [3.63, 3.8) is 0 Å². The van der Waals surface area contributed by atoms with Crippen LogP contribution in [0.15, 0.2) is 143 Å². The van der Waals surface area contributed by atoms with Crippen LogP contribution in [0.1, 0.15) is 74.2 Å². The third-order valence-electron chi connectivity index (χ3n) is 10.5. The first-order valence-corrected chi connectivity index (χ1v) is 21.3. The second-order valence-electron chi connectivity index (χ2n) is 14.9. The second-order valence-corrected chi connectivity index (χ2v) is 15.9. The van der Waals surface area contributed by atoms with Crippen molar-refractivity contribution < 1.29 is 28.6 Å². The van der Waals surface area contributed by atoms with E-state index in [0.29, 0.717) is 30.5 Å². The van der Waals surface area contributed by atoms with Crippen molar-refractivity contribution in [2.75, 3.05) is 12.3 Å². The van der Waals surface area contributed by atoms with Gasteiger partial charge < -0.3 is 29.6 Å². The Morgan fingerprint density at radius 3 is 2.14 bits per heavy atom. The summed E-state index contributed by atoms with van der Waals surface area (Å²) in [5.74, 6) is 1.28. The van der Waals surface area contributed by atoms with Gasteiger partial charge in [0.25, 0.3) is 5.22 Å². The van der Waals surface area contributed by atoms with E-state index in [4.69, 9.17) is 18.9 Å². The number of carbonyl (C=O) groups excluding carboxylic acids is 2. The van der Waals surface area contributed by atoms with Crippen LogP contribution >= 0.6 is 11.8 Å². The van der Waals surface area contributed by atoms with E-state index in [0.717, 1.165) is 75.2 Å². The van der Waals surface area contributed by atoms with Gasteiger partial charge in [-0.05, 0) is 52.8 Å². The van der Waals surface area contributed by atoms with Gasteiger partial charge in [-0.15, -0.1) is 0 Å². The zero-order valence-corrected chi connectivity index (χ0v) is 34.3. The number of nitrogens with one attached hydrogen (secondary N) is 2. The molecule has 0 radical (unpaired) electrons. The summed E-state index contributed by atoms with van der Waals surface area (Å²) in [5.41, 5.74) is 8.55. The molecule has 2 heterocycles. The van der Waals surface area contributed by atoms with E-state index in [1.165, 1.54) is 18.7 Å². The molecule has 0 unspecified atom stereocenters. The average Bonchev–Trinajstić information content (AvgIpc) is 3.71. The first-order valence-electron chi connectivity index (χ1n) is 20.3. The van der Waals surface area contributed by atoms with Gasteiger partial charge in [-0.2, -0.15) is 0 Å².